The van der Waals surface area contributed by atoms with Crippen molar-refractivity contribution in [3.05, 3.63) is 60.0 Å². The molecular weight excluding hydrogens is 354 g/mol. The lowest BCUT2D eigenvalue weighted by Crippen LogP contribution is -2.46. The van der Waals surface area contributed by atoms with Crippen LogP contribution in [0, 0.1) is 0 Å². The summed E-state index contributed by atoms with van der Waals surface area (Å²) in [6.45, 7) is 6.45. The Morgan fingerprint density at radius 2 is 1.86 bits per heavy atom. The van der Waals surface area contributed by atoms with E-state index >= 15 is 0 Å². The van der Waals surface area contributed by atoms with Crippen molar-refractivity contribution in [2.45, 2.75) is 13.5 Å². The van der Waals surface area contributed by atoms with E-state index in [9.17, 15) is 4.79 Å². The molecule has 146 valence electrons. The molecule has 0 saturated carbocycles. The number of hydrogen-bond donors (Lipinski definition) is 1. The highest BCUT2D eigenvalue weighted by Gasteiger charge is 2.24. The molecule has 3 heterocycles. The van der Waals surface area contributed by atoms with Crippen LogP contribution >= 0.6 is 0 Å². The number of ether oxygens (including phenoxy) is 1. The van der Waals surface area contributed by atoms with Gasteiger partial charge in [-0.15, -0.1) is 0 Å². The number of nitrogens with zero attached hydrogens (tertiary/aromatic N) is 4. The summed E-state index contributed by atoms with van der Waals surface area (Å²) in [6, 6.07) is 14.1. The standard InChI is InChI=1S/C21H25N5O2/c1-2-28-21(27)20-18(26-14-16(22)8-9-19(26)23-20)15-24-10-12-25(13-11-24)17-6-4-3-5-7-17/h3-9,14H,2,10-13,15,22H2,1H3. The fraction of sp³-hybridized carbons (Fsp3) is 0.333. The van der Waals surface area contributed by atoms with E-state index in [1.54, 1.807) is 13.0 Å². The van der Waals surface area contributed by atoms with Gasteiger partial charge in [-0.05, 0) is 31.2 Å². The summed E-state index contributed by atoms with van der Waals surface area (Å²) in [7, 11) is 0. The smallest absolute Gasteiger partial charge is 0.358 e. The average Bonchev–Trinajstić information content (AvgIpc) is 3.07. The summed E-state index contributed by atoms with van der Waals surface area (Å²) in [5.41, 5.74) is 9.75. The molecule has 7 nitrogen and oxygen atoms in total. The van der Waals surface area contributed by atoms with Crippen molar-refractivity contribution in [3.63, 3.8) is 0 Å². The van der Waals surface area contributed by atoms with E-state index < -0.39 is 0 Å². The molecule has 2 N–H and O–H groups in total. The molecule has 0 spiro atoms. The van der Waals surface area contributed by atoms with Gasteiger partial charge in [0.05, 0.1) is 12.3 Å². The maximum Gasteiger partial charge on any atom is 0.358 e. The number of pyridine rings is 1. The minimum Gasteiger partial charge on any atom is -0.461 e. The maximum absolute atomic E-state index is 12.4. The molecule has 0 aliphatic carbocycles. The molecule has 1 aliphatic rings. The van der Waals surface area contributed by atoms with Gasteiger partial charge in [0, 0.05) is 50.3 Å². The van der Waals surface area contributed by atoms with Gasteiger partial charge in [0.25, 0.3) is 0 Å². The minimum absolute atomic E-state index is 0.323. The van der Waals surface area contributed by atoms with Crippen LogP contribution in [0.15, 0.2) is 48.7 Å². The van der Waals surface area contributed by atoms with Crippen molar-refractivity contribution in [2.75, 3.05) is 43.4 Å². The third kappa shape index (κ3) is 3.66. The van der Waals surface area contributed by atoms with E-state index in [1.165, 1.54) is 5.69 Å². The largest absolute Gasteiger partial charge is 0.461 e. The average molecular weight is 379 g/mol. The van der Waals surface area contributed by atoms with Crippen LogP contribution in [0.3, 0.4) is 0 Å². The number of hydrogen-bond acceptors (Lipinski definition) is 6. The second-order valence-corrected chi connectivity index (χ2v) is 6.92. The predicted molar refractivity (Wildman–Crippen MR) is 109 cm³/mol. The van der Waals surface area contributed by atoms with Crippen molar-refractivity contribution in [2.24, 2.45) is 0 Å². The van der Waals surface area contributed by atoms with Crippen LogP contribution in [-0.2, 0) is 11.3 Å². The van der Waals surface area contributed by atoms with Crippen LogP contribution in [-0.4, -0.2) is 53.0 Å². The Labute approximate surface area is 164 Å². The summed E-state index contributed by atoms with van der Waals surface area (Å²) in [5, 5.41) is 0. The molecule has 0 amide bonds. The number of nitrogens with two attached hydrogens (primary N) is 1. The van der Waals surface area contributed by atoms with Gasteiger partial charge in [-0.2, -0.15) is 0 Å². The number of para-hydroxylation sites is 1. The highest BCUT2D eigenvalue weighted by Crippen LogP contribution is 2.21. The minimum atomic E-state index is -0.386. The Bertz CT molecular complexity index is 962. The number of anilines is 2. The molecule has 0 bridgehead atoms. The number of carbonyl (C=O) groups is 1. The normalized spacial score (nSPS) is 15.1. The summed E-state index contributed by atoms with van der Waals surface area (Å²) >= 11 is 0. The zero-order chi connectivity index (χ0) is 19.5. The van der Waals surface area contributed by atoms with Gasteiger partial charge in [-0.25, -0.2) is 9.78 Å². The summed E-state index contributed by atoms with van der Waals surface area (Å²) in [6.07, 6.45) is 1.82. The Hall–Kier alpha value is -3.06. The second kappa shape index (κ2) is 7.90. The van der Waals surface area contributed by atoms with E-state index in [4.69, 9.17) is 10.5 Å². The topological polar surface area (TPSA) is 76.1 Å². The SMILES string of the molecule is CCOC(=O)c1nc2ccc(N)cn2c1CN1CCN(c2ccccc2)CC1. The van der Waals surface area contributed by atoms with E-state index in [-0.39, 0.29) is 5.97 Å². The number of aromatic nitrogens is 2. The first-order chi connectivity index (χ1) is 13.7. The Morgan fingerprint density at radius 1 is 1.11 bits per heavy atom. The zero-order valence-corrected chi connectivity index (χ0v) is 16.0. The summed E-state index contributed by atoms with van der Waals surface area (Å²) in [5.74, 6) is -0.386. The quantitative estimate of drug-likeness (QED) is 0.686. The van der Waals surface area contributed by atoms with E-state index in [2.05, 4.69) is 39.0 Å². The predicted octanol–water partition coefficient (Wildman–Crippen LogP) is 2.42. The number of fused-ring (bicyclic) bond motifs is 1. The maximum atomic E-state index is 12.4. The first-order valence-electron chi connectivity index (χ1n) is 9.61. The number of imidazole rings is 1. The van der Waals surface area contributed by atoms with Gasteiger partial charge in [0.15, 0.2) is 5.69 Å². The van der Waals surface area contributed by atoms with Crippen molar-refractivity contribution in [1.29, 1.82) is 0 Å². The van der Waals surface area contributed by atoms with Crippen molar-refractivity contribution >= 4 is 23.0 Å². The molecule has 0 atom stereocenters. The summed E-state index contributed by atoms with van der Waals surface area (Å²) < 4.78 is 7.13. The molecule has 0 unspecified atom stereocenters. The monoisotopic (exact) mass is 379 g/mol. The molecule has 1 saturated heterocycles. The Morgan fingerprint density at radius 3 is 2.57 bits per heavy atom. The highest BCUT2D eigenvalue weighted by atomic mass is 16.5. The first-order valence-corrected chi connectivity index (χ1v) is 9.61. The lowest BCUT2D eigenvalue weighted by Gasteiger charge is -2.36. The molecule has 3 aromatic rings. The van der Waals surface area contributed by atoms with Crippen LogP contribution in [0.5, 0.6) is 0 Å². The molecule has 2 aromatic heterocycles. The molecule has 0 radical (unpaired) electrons. The number of piperazine rings is 1. The third-order valence-electron chi connectivity index (χ3n) is 5.08. The Kier molecular flexibility index (Phi) is 5.16. The number of carbonyl (C=O) groups excluding carboxylic acids is 1. The van der Waals surface area contributed by atoms with Gasteiger partial charge in [-0.3, -0.25) is 9.30 Å². The number of nitrogen functional groups attached to an aromatic ring is 1. The van der Waals surface area contributed by atoms with Crippen LogP contribution in [0.25, 0.3) is 5.65 Å². The van der Waals surface area contributed by atoms with Gasteiger partial charge >= 0.3 is 5.97 Å². The lowest BCUT2D eigenvalue weighted by atomic mass is 10.2. The van der Waals surface area contributed by atoms with Crippen molar-refractivity contribution in [3.8, 4) is 0 Å². The van der Waals surface area contributed by atoms with Crippen LogP contribution < -0.4 is 10.6 Å². The molecule has 28 heavy (non-hydrogen) atoms. The van der Waals surface area contributed by atoms with Gasteiger partial charge in [0.1, 0.15) is 5.65 Å². The van der Waals surface area contributed by atoms with Crippen LogP contribution in [0.1, 0.15) is 23.1 Å². The van der Waals surface area contributed by atoms with Crippen molar-refractivity contribution in [1.82, 2.24) is 14.3 Å². The van der Waals surface area contributed by atoms with Gasteiger partial charge in [0.2, 0.25) is 0 Å². The number of esters is 1. The van der Waals surface area contributed by atoms with Crippen molar-refractivity contribution < 1.29 is 9.53 Å². The fourth-order valence-electron chi connectivity index (χ4n) is 3.64. The van der Waals surface area contributed by atoms with E-state index in [0.717, 1.165) is 31.9 Å². The molecule has 1 aromatic carbocycles. The fourth-order valence-corrected chi connectivity index (χ4v) is 3.64. The molecule has 4 rings (SSSR count). The Balaban J connectivity index is 1.55. The molecule has 1 aliphatic heterocycles. The third-order valence-corrected chi connectivity index (χ3v) is 5.08. The number of benzene rings is 1. The molecule has 1 fully saturated rings. The number of rotatable bonds is 5. The van der Waals surface area contributed by atoms with E-state index in [1.807, 2.05) is 22.7 Å². The molecular formula is C21H25N5O2. The summed E-state index contributed by atoms with van der Waals surface area (Å²) in [4.78, 5) is 21.7. The van der Waals surface area contributed by atoms with Gasteiger partial charge in [-0.1, -0.05) is 18.2 Å². The lowest BCUT2D eigenvalue weighted by molar-refractivity contribution is 0.0517. The second-order valence-electron chi connectivity index (χ2n) is 6.92. The zero-order valence-electron chi connectivity index (χ0n) is 16.0. The van der Waals surface area contributed by atoms with E-state index in [0.29, 0.717) is 30.2 Å². The molecule has 7 heteroatoms. The van der Waals surface area contributed by atoms with Crippen LogP contribution in [0.4, 0.5) is 11.4 Å². The van der Waals surface area contributed by atoms with Crippen LogP contribution in [0.2, 0.25) is 0 Å². The highest BCUT2D eigenvalue weighted by molar-refractivity contribution is 5.89. The first kappa shape index (κ1) is 18.3. The van der Waals surface area contributed by atoms with Gasteiger partial charge < -0.3 is 15.4 Å².